The molecule has 0 unspecified atom stereocenters. The number of hydrogen-bond acceptors (Lipinski definition) is 5. The van der Waals surface area contributed by atoms with Crippen LogP contribution in [0.4, 0.5) is 20.4 Å². The van der Waals surface area contributed by atoms with Crippen LogP contribution >= 0.6 is 0 Å². The van der Waals surface area contributed by atoms with Gasteiger partial charge in [-0.15, -0.1) is 0 Å². The van der Waals surface area contributed by atoms with E-state index in [0.29, 0.717) is 32.1 Å². The average molecular weight is 347 g/mol. The summed E-state index contributed by atoms with van der Waals surface area (Å²) in [6.07, 6.45) is 3.39. The second-order valence-electron chi connectivity index (χ2n) is 5.86. The first-order chi connectivity index (χ1) is 12.0. The van der Waals surface area contributed by atoms with Crippen LogP contribution < -0.4 is 10.2 Å². The second kappa shape index (κ2) is 7.52. The van der Waals surface area contributed by atoms with E-state index in [0.717, 1.165) is 12.1 Å². The van der Waals surface area contributed by atoms with Gasteiger partial charge in [0.15, 0.2) is 0 Å². The number of anilines is 2. The number of piperazine rings is 1. The Labute approximate surface area is 144 Å². The maximum atomic E-state index is 13.7. The van der Waals surface area contributed by atoms with Crippen molar-refractivity contribution in [1.82, 2.24) is 14.9 Å². The van der Waals surface area contributed by atoms with Crippen LogP contribution in [0.15, 0.2) is 36.7 Å². The third kappa shape index (κ3) is 4.08. The summed E-state index contributed by atoms with van der Waals surface area (Å²) < 4.78 is 26.6. The van der Waals surface area contributed by atoms with E-state index in [1.165, 1.54) is 6.07 Å². The van der Waals surface area contributed by atoms with E-state index in [1.807, 2.05) is 4.90 Å². The normalized spacial score (nSPS) is 16.5. The van der Waals surface area contributed by atoms with Gasteiger partial charge < -0.3 is 10.2 Å². The summed E-state index contributed by atoms with van der Waals surface area (Å²) in [6.45, 7) is 4.50. The number of hydrogen-bond donors (Lipinski definition) is 1. The van der Waals surface area contributed by atoms with Gasteiger partial charge in [-0.2, -0.15) is 0 Å². The van der Waals surface area contributed by atoms with Crippen LogP contribution in [0.25, 0.3) is 0 Å². The maximum Gasteiger partial charge on any atom is 0.241 e. The standard InChI is InChI=1S/C17H19F2N5O/c1-12(16(25)22-15-4-3-13(18)11-14(15)19)23-7-9-24(10-8-23)17-20-5-2-6-21-17/h2-6,11-12H,7-10H2,1H3,(H,22,25)/t12-/m1/s1. The van der Waals surface area contributed by atoms with Gasteiger partial charge in [0.1, 0.15) is 11.6 Å². The molecule has 0 spiro atoms. The summed E-state index contributed by atoms with van der Waals surface area (Å²) in [5.74, 6) is -1.11. The van der Waals surface area contributed by atoms with Gasteiger partial charge in [-0.05, 0) is 25.1 Å². The van der Waals surface area contributed by atoms with Gasteiger partial charge in [0.05, 0.1) is 11.7 Å². The lowest BCUT2D eigenvalue weighted by atomic mass is 10.2. The molecule has 1 fully saturated rings. The van der Waals surface area contributed by atoms with Crippen molar-refractivity contribution in [3.63, 3.8) is 0 Å². The van der Waals surface area contributed by atoms with Crippen LogP contribution in [-0.4, -0.2) is 53.0 Å². The quantitative estimate of drug-likeness (QED) is 0.915. The van der Waals surface area contributed by atoms with Crippen LogP contribution in [0.3, 0.4) is 0 Å². The van der Waals surface area contributed by atoms with Crippen molar-refractivity contribution in [3.05, 3.63) is 48.3 Å². The fourth-order valence-corrected chi connectivity index (χ4v) is 2.76. The Morgan fingerprint density at radius 3 is 2.48 bits per heavy atom. The fraction of sp³-hybridized carbons (Fsp3) is 0.353. The molecule has 2 heterocycles. The van der Waals surface area contributed by atoms with Gasteiger partial charge in [0.2, 0.25) is 11.9 Å². The second-order valence-corrected chi connectivity index (χ2v) is 5.86. The van der Waals surface area contributed by atoms with E-state index >= 15 is 0 Å². The molecule has 0 saturated carbocycles. The van der Waals surface area contributed by atoms with Gasteiger partial charge in [-0.25, -0.2) is 18.7 Å². The predicted octanol–water partition coefficient (Wildman–Crippen LogP) is 1.90. The molecule has 0 radical (unpaired) electrons. The molecule has 2 aromatic rings. The minimum atomic E-state index is -0.786. The van der Waals surface area contributed by atoms with Gasteiger partial charge in [-0.1, -0.05) is 0 Å². The molecule has 1 aliphatic rings. The molecule has 1 aromatic heterocycles. The summed E-state index contributed by atoms with van der Waals surface area (Å²) in [5, 5.41) is 2.52. The monoisotopic (exact) mass is 347 g/mol. The van der Waals surface area contributed by atoms with Crippen LogP contribution in [0.1, 0.15) is 6.92 Å². The topological polar surface area (TPSA) is 61.4 Å². The van der Waals surface area contributed by atoms with Crippen molar-refractivity contribution in [1.29, 1.82) is 0 Å². The number of benzene rings is 1. The Morgan fingerprint density at radius 2 is 1.84 bits per heavy atom. The molecular weight excluding hydrogens is 328 g/mol. The maximum absolute atomic E-state index is 13.7. The molecule has 1 amide bonds. The minimum Gasteiger partial charge on any atom is -0.338 e. The Morgan fingerprint density at radius 1 is 1.16 bits per heavy atom. The van der Waals surface area contributed by atoms with E-state index < -0.39 is 17.7 Å². The van der Waals surface area contributed by atoms with E-state index in [-0.39, 0.29) is 11.6 Å². The molecule has 1 aliphatic heterocycles. The average Bonchev–Trinajstić information content (AvgIpc) is 2.64. The van der Waals surface area contributed by atoms with E-state index in [9.17, 15) is 13.6 Å². The Kier molecular flexibility index (Phi) is 5.18. The first kappa shape index (κ1) is 17.2. The first-order valence-corrected chi connectivity index (χ1v) is 8.06. The van der Waals surface area contributed by atoms with Gasteiger partial charge >= 0.3 is 0 Å². The lowest BCUT2D eigenvalue weighted by molar-refractivity contribution is -0.120. The van der Waals surface area contributed by atoms with E-state index in [1.54, 1.807) is 25.4 Å². The Bertz CT molecular complexity index is 735. The van der Waals surface area contributed by atoms with Crippen molar-refractivity contribution in [2.45, 2.75) is 13.0 Å². The zero-order valence-electron chi connectivity index (χ0n) is 13.8. The highest BCUT2D eigenvalue weighted by Gasteiger charge is 2.26. The molecular formula is C17H19F2N5O. The number of nitrogens with zero attached hydrogens (tertiary/aromatic N) is 4. The zero-order valence-corrected chi connectivity index (χ0v) is 13.8. The molecule has 0 aliphatic carbocycles. The van der Waals surface area contributed by atoms with Crippen molar-refractivity contribution in [3.8, 4) is 0 Å². The highest BCUT2D eigenvalue weighted by molar-refractivity contribution is 5.94. The SMILES string of the molecule is C[C@H](C(=O)Nc1ccc(F)cc1F)N1CCN(c2ncccn2)CC1. The van der Waals surface area contributed by atoms with E-state index in [2.05, 4.69) is 20.2 Å². The Balaban J connectivity index is 1.56. The van der Waals surface area contributed by atoms with Crippen LogP contribution in [0, 0.1) is 11.6 Å². The van der Waals surface area contributed by atoms with Crippen LogP contribution in [-0.2, 0) is 4.79 Å². The number of halogens is 2. The van der Waals surface area contributed by atoms with E-state index in [4.69, 9.17) is 0 Å². The lowest BCUT2D eigenvalue weighted by Gasteiger charge is -2.37. The van der Waals surface area contributed by atoms with Crippen LogP contribution in [0.5, 0.6) is 0 Å². The van der Waals surface area contributed by atoms with Crippen molar-refractivity contribution in [2.24, 2.45) is 0 Å². The highest BCUT2D eigenvalue weighted by Crippen LogP contribution is 2.17. The molecule has 132 valence electrons. The predicted molar refractivity (Wildman–Crippen MR) is 90.3 cm³/mol. The summed E-state index contributed by atoms with van der Waals surface area (Å²) >= 11 is 0. The number of carbonyl (C=O) groups excluding carboxylic acids is 1. The third-order valence-corrected chi connectivity index (χ3v) is 4.27. The molecule has 6 nitrogen and oxygen atoms in total. The fourth-order valence-electron chi connectivity index (χ4n) is 2.76. The van der Waals surface area contributed by atoms with Crippen LogP contribution in [0.2, 0.25) is 0 Å². The Hall–Kier alpha value is -2.61. The molecule has 3 rings (SSSR count). The van der Waals surface area contributed by atoms with Crippen molar-refractivity contribution >= 4 is 17.5 Å². The lowest BCUT2D eigenvalue weighted by Crippen LogP contribution is -2.53. The molecule has 1 aromatic carbocycles. The molecule has 25 heavy (non-hydrogen) atoms. The zero-order chi connectivity index (χ0) is 17.8. The molecule has 0 bridgehead atoms. The van der Waals surface area contributed by atoms with Gasteiger partial charge in [-0.3, -0.25) is 9.69 Å². The summed E-state index contributed by atoms with van der Waals surface area (Å²) in [4.78, 5) is 24.9. The molecule has 1 N–H and O–H groups in total. The number of nitrogens with one attached hydrogen (secondary N) is 1. The third-order valence-electron chi connectivity index (χ3n) is 4.27. The molecule has 1 saturated heterocycles. The van der Waals surface area contributed by atoms with Crippen molar-refractivity contribution in [2.75, 3.05) is 36.4 Å². The minimum absolute atomic E-state index is 0.0189. The van der Waals surface area contributed by atoms with Gasteiger partial charge in [0.25, 0.3) is 0 Å². The molecule has 1 atom stereocenters. The summed E-state index contributed by atoms with van der Waals surface area (Å²) in [7, 11) is 0. The van der Waals surface area contributed by atoms with Crippen molar-refractivity contribution < 1.29 is 13.6 Å². The smallest absolute Gasteiger partial charge is 0.241 e. The first-order valence-electron chi connectivity index (χ1n) is 8.06. The largest absolute Gasteiger partial charge is 0.338 e. The number of carbonyl (C=O) groups is 1. The number of rotatable bonds is 4. The number of amides is 1. The summed E-state index contributed by atoms with van der Waals surface area (Å²) in [6, 6.07) is 4.42. The van der Waals surface area contributed by atoms with Gasteiger partial charge in [0, 0.05) is 44.6 Å². The molecule has 8 heteroatoms. The number of aromatic nitrogens is 2. The summed E-state index contributed by atoms with van der Waals surface area (Å²) in [5.41, 5.74) is -0.0189. The highest BCUT2D eigenvalue weighted by atomic mass is 19.1.